The first kappa shape index (κ1) is 35.9. The molecule has 2 aliphatic heterocycles. The second-order valence-electron chi connectivity index (χ2n) is 13.6. The Balaban J connectivity index is 1.19. The van der Waals surface area contributed by atoms with Crippen molar-refractivity contribution in [3.05, 3.63) is 35.0 Å². The number of pyridine rings is 1. The smallest absolute Gasteiger partial charge is 0.409 e. The molecule has 2 aliphatic carbocycles. The van der Waals surface area contributed by atoms with E-state index < -0.39 is 36.0 Å². The number of carboxylic acids is 1. The van der Waals surface area contributed by atoms with Crippen LogP contribution in [0.25, 0.3) is 10.9 Å². The Morgan fingerprint density at radius 1 is 0.961 bits per heavy atom. The number of carboxylic acid groups (broad SMARTS) is 1. The molecule has 6 rings (SSSR count). The molecule has 5 amide bonds. The van der Waals surface area contributed by atoms with Crippen molar-refractivity contribution in [1.29, 1.82) is 0 Å². The van der Waals surface area contributed by atoms with Gasteiger partial charge in [0.2, 0.25) is 11.8 Å². The highest BCUT2D eigenvalue weighted by atomic mass is 16.6. The zero-order chi connectivity index (χ0) is 36.1. The number of amides is 5. The summed E-state index contributed by atoms with van der Waals surface area (Å²) in [7, 11) is 0. The van der Waals surface area contributed by atoms with Gasteiger partial charge in [-0.25, -0.2) is 9.78 Å². The minimum atomic E-state index is -1.16. The van der Waals surface area contributed by atoms with Gasteiger partial charge in [-0.3, -0.25) is 24.0 Å². The summed E-state index contributed by atoms with van der Waals surface area (Å²) in [6, 6.07) is 3.77. The van der Waals surface area contributed by atoms with Crippen LogP contribution >= 0.6 is 0 Å². The Labute approximate surface area is 296 Å². The number of fused-ring (bicyclic) bond motifs is 3. The first-order valence-corrected chi connectivity index (χ1v) is 18.0. The molecule has 0 radical (unpaired) electrons. The van der Waals surface area contributed by atoms with Gasteiger partial charge >= 0.3 is 12.1 Å². The van der Waals surface area contributed by atoms with Crippen LogP contribution in [0.2, 0.25) is 0 Å². The molecule has 1 aromatic heterocycles. The van der Waals surface area contributed by atoms with Gasteiger partial charge in [0.05, 0.1) is 12.1 Å². The maximum Gasteiger partial charge on any atom is 0.409 e. The molecule has 2 unspecified atom stereocenters. The normalized spacial score (nSPS) is 19.2. The molecule has 274 valence electrons. The van der Waals surface area contributed by atoms with E-state index >= 15 is 0 Å². The number of hydrogen-bond acceptors (Lipinski definition) is 9. The van der Waals surface area contributed by atoms with Crippen molar-refractivity contribution in [2.75, 3.05) is 45.9 Å². The van der Waals surface area contributed by atoms with Crippen LogP contribution in [0.1, 0.15) is 79.9 Å². The first-order valence-electron chi connectivity index (χ1n) is 18.0. The lowest BCUT2D eigenvalue weighted by Gasteiger charge is -2.35. The Morgan fingerprint density at radius 2 is 1.73 bits per heavy atom. The van der Waals surface area contributed by atoms with Crippen LogP contribution in [0.5, 0.6) is 5.75 Å². The van der Waals surface area contributed by atoms with Gasteiger partial charge in [-0.2, -0.15) is 0 Å². The van der Waals surface area contributed by atoms with Gasteiger partial charge in [-0.1, -0.05) is 6.07 Å². The van der Waals surface area contributed by atoms with Crippen LogP contribution in [-0.4, -0.2) is 125 Å². The monoisotopic (exact) mass is 706 g/mol. The van der Waals surface area contributed by atoms with Crippen molar-refractivity contribution in [2.45, 2.75) is 89.3 Å². The summed E-state index contributed by atoms with van der Waals surface area (Å²) < 4.78 is 11.2. The number of aromatic nitrogens is 1. The highest BCUT2D eigenvalue weighted by Crippen LogP contribution is 2.34. The summed E-state index contributed by atoms with van der Waals surface area (Å²) in [4.78, 5) is 86.8. The molecule has 2 atom stereocenters. The molecule has 3 heterocycles. The van der Waals surface area contributed by atoms with Gasteiger partial charge in [-0.15, -0.1) is 0 Å². The molecular weight excluding hydrogens is 660 g/mol. The molecule has 15 heteroatoms. The number of ether oxygens (including phenoxy) is 2. The second kappa shape index (κ2) is 15.9. The quantitative estimate of drug-likeness (QED) is 0.295. The third kappa shape index (κ3) is 8.18. The van der Waals surface area contributed by atoms with Crippen molar-refractivity contribution in [1.82, 2.24) is 30.3 Å². The van der Waals surface area contributed by atoms with Crippen LogP contribution in [0.4, 0.5) is 4.79 Å². The van der Waals surface area contributed by atoms with Crippen LogP contribution in [0.15, 0.2) is 18.2 Å². The van der Waals surface area contributed by atoms with E-state index in [0.29, 0.717) is 30.3 Å². The number of carbonyl (C=O) groups is 6. The van der Waals surface area contributed by atoms with Crippen LogP contribution in [-0.2, 0) is 36.8 Å². The molecular formula is C36H46N6O9. The number of rotatable bonds is 12. The van der Waals surface area contributed by atoms with Crippen molar-refractivity contribution in [3.8, 4) is 5.75 Å². The Hall–Kier alpha value is -4.95. The van der Waals surface area contributed by atoms with Crippen molar-refractivity contribution in [2.24, 2.45) is 0 Å². The molecule has 1 aromatic carbocycles. The standard InChI is InChI=1S/C36H46N6O9/c1-2-50-36(49)41-18-16-40(17-19-41)35(48)26(13-14-31(44)45)39-33(46)27-20-29(25-12-11-22-6-3-9-24(22)32(25)38-27)51-21-30(43)42-15-5-10-28(42)34(47)37-23-7-4-8-23/h11-12,20,23,26,28H,2-10,13-19,21H2,1H3,(H,37,47)(H,39,46)(H,44,45). The van der Waals surface area contributed by atoms with Crippen LogP contribution < -0.4 is 15.4 Å². The summed E-state index contributed by atoms with van der Waals surface area (Å²) >= 11 is 0. The largest absolute Gasteiger partial charge is 0.483 e. The number of hydrogen-bond donors (Lipinski definition) is 3. The Bertz CT molecular complexity index is 1690. The minimum absolute atomic E-state index is 0.0376. The maximum absolute atomic E-state index is 13.8. The SMILES string of the molecule is CCOC(=O)N1CCN(C(=O)C(CCC(=O)O)NC(=O)c2cc(OCC(=O)N3CCCC3C(=O)NC3CCC3)c3ccc4c(c3n2)CCC4)CC1. The molecule has 0 spiro atoms. The summed E-state index contributed by atoms with van der Waals surface area (Å²) in [6.07, 6.45) is 5.87. The van der Waals surface area contributed by atoms with E-state index in [1.54, 1.807) is 11.8 Å². The number of piperazine rings is 1. The van der Waals surface area contributed by atoms with Crippen molar-refractivity contribution < 1.29 is 43.3 Å². The zero-order valence-corrected chi connectivity index (χ0v) is 29.0. The van der Waals surface area contributed by atoms with E-state index in [1.165, 1.54) is 15.9 Å². The summed E-state index contributed by atoms with van der Waals surface area (Å²) in [5.74, 6) is -2.47. The number of benzene rings is 1. The average Bonchev–Trinajstić information content (AvgIpc) is 3.81. The maximum atomic E-state index is 13.8. The lowest BCUT2D eigenvalue weighted by molar-refractivity contribution is -0.140. The summed E-state index contributed by atoms with van der Waals surface area (Å²) in [5.41, 5.74) is 2.64. The fraction of sp³-hybridized carbons (Fsp3) is 0.583. The molecule has 0 bridgehead atoms. The zero-order valence-electron chi connectivity index (χ0n) is 29.0. The highest BCUT2D eigenvalue weighted by molar-refractivity contribution is 6.00. The molecule has 3 fully saturated rings. The molecule has 4 aliphatic rings. The molecule has 2 aromatic rings. The second-order valence-corrected chi connectivity index (χ2v) is 13.6. The fourth-order valence-electron chi connectivity index (χ4n) is 7.28. The third-order valence-electron chi connectivity index (χ3n) is 10.3. The van der Waals surface area contributed by atoms with Crippen molar-refractivity contribution >= 4 is 46.6 Å². The molecule has 2 saturated heterocycles. The van der Waals surface area contributed by atoms with Crippen LogP contribution in [0, 0.1) is 0 Å². The van der Waals surface area contributed by atoms with E-state index in [4.69, 9.17) is 14.5 Å². The van der Waals surface area contributed by atoms with E-state index in [1.807, 2.05) is 12.1 Å². The molecule has 1 saturated carbocycles. The van der Waals surface area contributed by atoms with Gasteiger partial charge in [0.25, 0.3) is 11.8 Å². The number of likely N-dealkylation sites (tertiary alicyclic amines) is 1. The summed E-state index contributed by atoms with van der Waals surface area (Å²) in [5, 5.41) is 15.8. The van der Waals surface area contributed by atoms with Gasteiger partial charge in [0, 0.05) is 56.6 Å². The Kier molecular flexibility index (Phi) is 11.2. The third-order valence-corrected chi connectivity index (χ3v) is 10.3. The predicted molar refractivity (Wildman–Crippen MR) is 183 cm³/mol. The van der Waals surface area contributed by atoms with Gasteiger partial charge < -0.3 is 39.9 Å². The first-order chi connectivity index (χ1) is 24.6. The molecule has 15 nitrogen and oxygen atoms in total. The number of aliphatic carboxylic acids is 1. The summed E-state index contributed by atoms with van der Waals surface area (Å²) in [6.45, 7) is 2.92. The van der Waals surface area contributed by atoms with Crippen molar-refractivity contribution in [3.63, 3.8) is 0 Å². The van der Waals surface area contributed by atoms with E-state index in [0.717, 1.165) is 49.7 Å². The Morgan fingerprint density at radius 3 is 2.43 bits per heavy atom. The average molecular weight is 707 g/mol. The number of nitrogens with one attached hydrogen (secondary N) is 2. The van der Waals surface area contributed by atoms with Gasteiger partial charge in [0.1, 0.15) is 23.5 Å². The van der Waals surface area contributed by atoms with E-state index in [-0.39, 0.29) is 81.5 Å². The minimum Gasteiger partial charge on any atom is -0.483 e. The molecule has 3 N–H and O–H groups in total. The lowest BCUT2D eigenvalue weighted by Crippen LogP contribution is -2.56. The van der Waals surface area contributed by atoms with E-state index in [2.05, 4.69) is 10.6 Å². The highest BCUT2D eigenvalue weighted by Gasteiger charge is 2.36. The topological polar surface area (TPSA) is 188 Å². The predicted octanol–water partition coefficient (Wildman–Crippen LogP) is 2.03. The van der Waals surface area contributed by atoms with Gasteiger partial charge in [0.15, 0.2) is 6.61 Å². The van der Waals surface area contributed by atoms with E-state index in [9.17, 15) is 33.9 Å². The number of aryl methyl sites for hydroxylation is 2. The van der Waals surface area contributed by atoms with Crippen LogP contribution in [0.3, 0.4) is 0 Å². The lowest BCUT2D eigenvalue weighted by atomic mass is 9.93. The number of carbonyl (C=O) groups excluding carboxylic acids is 5. The fourth-order valence-corrected chi connectivity index (χ4v) is 7.28. The van der Waals surface area contributed by atoms with Gasteiger partial charge in [-0.05, 0) is 81.9 Å². The molecule has 51 heavy (non-hydrogen) atoms. The number of nitrogens with zero attached hydrogens (tertiary/aromatic N) is 4.